The fourth-order valence-electron chi connectivity index (χ4n) is 4.70. The van der Waals surface area contributed by atoms with Crippen molar-refractivity contribution in [2.45, 2.75) is 45.4 Å². The number of carbonyl (C=O) groups is 2. The molecule has 172 valence electrons. The lowest BCUT2D eigenvalue weighted by Crippen LogP contribution is -2.38. The number of allylic oxidation sites excluding steroid dienone is 2. The predicted molar refractivity (Wildman–Crippen MR) is 132 cm³/mol. The van der Waals surface area contributed by atoms with Gasteiger partial charge in [0.15, 0.2) is 5.78 Å². The SMILES string of the molecule is CC1=NC2=C(C(=O)CC(c3ccc(Cl)cc3)C2)C(c2ccc(Cl)cc2)C1C(=O)OCC(C)C. The molecule has 33 heavy (non-hydrogen) atoms. The lowest BCUT2D eigenvalue weighted by atomic mass is 9.69. The fourth-order valence-corrected chi connectivity index (χ4v) is 4.96. The number of aliphatic imine (C=N–C) groups is 1. The summed E-state index contributed by atoms with van der Waals surface area (Å²) in [6, 6.07) is 15.0. The number of carbonyl (C=O) groups excluding carboxylic acids is 2. The van der Waals surface area contributed by atoms with Gasteiger partial charge in [-0.1, -0.05) is 61.3 Å². The highest BCUT2D eigenvalue weighted by molar-refractivity contribution is 6.30. The van der Waals surface area contributed by atoms with E-state index in [-0.39, 0.29) is 23.6 Å². The number of ketones is 1. The molecule has 2 aromatic carbocycles. The number of ether oxygens (including phenoxy) is 1. The van der Waals surface area contributed by atoms with E-state index in [9.17, 15) is 9.59 Å². The Morgan fingerprint density at radius 2 is 1.58 bits per heavy atom. The molecule has 0 radical (unpaired) electrons. The molecule has 3 unspecified atom stereocenters. The van der Waals surface area contributed by atoms with Crippen LogP contribution in [0.3, 0.4) is 0 Å². The number of halogens is 2. The van der Waals surface area contributed by atoms with Crippen molar-refractivity contribution < 1.29 is 14.3 Å². The van der Waals surface area contributed by atoms with Gasteiger partial charge < -0.3 is 4.74 Å². The van der Waals surface area contributed by atoms with Crippen molar-refractivity contribution in [3.05, 3.63) is 81.0 Å². The molecule has 3 atom stereocenters. The maximum Gasteiger partial charge on any atom is 0.315 e. The maximum absolute atomic E-state index is 13.5. The standard InChI is InChI=1S/C27H27Cl2NO3/c1-15(2)14-33-27(32)24-16(3)30-22-12-19(17-4-8-20(28)9-5-17)13-23(31)26(22)25(24)18-6-10-21(29)11-7-18/h4-11,15,19,24-25H,12-14H2,1-3H3. The lowest BCUT2D eigenvalue weighted by Gasteiger charge is -2.36. The summed E-state index contributed by atoms with van der Waals surface area (Å²) >= 11 is 12.2. The Kier molecular flexibility index (Phi) is 7.06. The Morgan fingerprint density at radius 3 is 2.15 bits per heavy atom. The fraction of sp³-hybridized carbons (Fsp3) is 0.370. The third-order valence-electron chi connectivity index (χ3n) is 6.27. The summed E-state index contributed by atoms with van der Waals surface area (Å²) < 4.78 is 5.61. The van der Waals surface area contributed by atoms with E-state index < -0.39 is 11.8 Å². The van der Waals surface area contributed by atoms with E-state index in [4.69, 9.17) is 32.9 Å². The molecule has 4 rings (SSSR count). The monoisotopic (exact) mass is 483 g/mol. The number of hydrogen-bond acceptors (Lipinski definition) is 4. The molecule has 0 bridgehead atoms. The minimum Gasteiger partial charge on any atom is -0.465 e. The zero-order valence-electron chi connectivity index (χ0n) is 19.0. The largest absolute Gasteiger partial charge is 0.465 e. The second-order valence-corrected chi connectivity index (χ2v) is 10.1. The summed E-state index contributed by atoms with van der Waals surface area (Å²) in [6.07, 6.45) is 1.00. The van der Waals surface area contributed by atoms with Crippen LogP contribution in [0.5, 0.6) is 0 Å². The molecule has 0 spiro atoms. The van der Waals surface area contributed by atoms with Crippen LogP contribution >= 0.6 is 23.2 Å². The first-order valence-electron chi connectivity index (χ1n) is 11.2. The summed E-state index contributed by atoms with van der Waals surface area (Å²) in [4.78, 5) is 31.5. The Balaban J connectivity index is 1.75. The molecule has 0 saturated carbocycles. The van der Waals surface area contributed by atoms with E-state index >= 15 is 0 Å². The van der Waals surface area contributed by atoms with Gasteiger partial charge in [0, 0.05) is 39.4 Å². The first-order chi connectivity index (χ1) is 15.7. The second-order valence-electron chi connectivity index (χ2n) is 9.22. The summed E-state index contributed by atoms with van der Waals surface area (Å²) in [5.74, 6) is -1.15. The number of nitrogens with zero attached hydrogens (tertiary/aromatic N) is 1. The zero-order valence-corrected chi connectivity index (χ0v) is 20.5. The number of benzene rings is 2. The van der Waals surface area contributed by atoms with Gasteiger partial charge in [-0.2, -0.15) is 0 Å². The van der Waals surface area contributed by atoms with Crippen LogP contribution in [-0.2, 0) is 14.3 Å². The van der Waals surface area contributed by atoms with E-state index in [0.717, 1.165) is 16.8 Å². The molecule has 2 aromatic rings. The number of esters is 1. The molecule has 0 aromatic heterocycles. The molecule has 0 N–H and O–H groups in total. The summed E-state index contributed by atoms with van der Waals surface area (Å²) in [5, 5.41) is 1.27. The molecule has 1 heterocycles. The number of Topliss-reactive ketones (excluding diaryl/α,β-unsaturated/α-hetero) is 1. The van der Waals surface area contributed by atoms with Crippen LogP contribution in [0.2, 0.25) is 10.0 Å². The molecule has 0 amide bonds. The van der Waals surface area contributed by atoms with Gasteiger partial charge in [-0.15, -0.1) is 0 Å². The third-order valence-corrected chi connectivity index (χ3v) is 6.78. The van der Waals surface area contributed by atoms with Crippen LogP contribution in [0.15, 0.2) is 64.8 Å². The van der Waals surface area contributed by atoms with Gasteiger partial charge in [0.05, 0.1) is 6.61 Å². The summed E-state index contributed by atoms with van der Waals surface area (Å²) in [7, 11) is 0. The molecule has 0 fully saturated rings. The minimum atomic E-state index is -0.639. The second kappa shape index (κ2) is 9.82. The number of hydrogen-bond donors (Lipinski definition) is 0. The minimum absolute atomic E-state index is 0.0223. The Labute approximate surface area is 204 Å². The van der Waals surface area contributed by atoms with Crippen LogP contribution < -0.4 is 0 Å². The van der Waals surface area contributed by atoms with Crippen molar-refractivity contribution in [1.82, 2.24) is 0 Å². The summed E-state index contributed by atoms with van der Waals surface area (Å²) in [6.45, 7) is 6.17. The van der Waals surface area contributed by atoms with Crippen molar-refractivity contribution in [3.63, 3.8) is 0 Å². The van der Waals surface area contributed by atoms with Gasteiger partial charge >= 0.3 is 5.97 Å². The van der Waals surface area contributed by atoms with Crippen molar-refractivity contribution >= 4 is 40.7 Å². The molecule has 0 saturated heterocycles. The lowest BCUT2D eigenvalue weighted by molar-refractivity contribution is -0.147. The molecule has 1 aliphatic heterocycles. The smallest absolute Gasteiger partial charge is 0.315 e. The van der Waals surface area contributed by atoms with Crippen molar-refractivity contribution in [2.75, 3.05) is 6.61 Å². The van der Waals surface area contributed by atoms with Crippen LogP contribution in [0.4, 0.5) is 0 Å². The molecular weight excluding hydrogens is 457 g/mol. The average Bonchev–Trinajstić information content (AvgIpc) is 2.77. The Bertz CT molecular complexity index is 1120. The zero-order chi connectivity index (χ0) is 23.7. The van der Waals surface area contributed by atoms with Crippen LogP contribution in [0.25, 0.3) is 0 Å². The topological polar surface area (TPSA) is 55.7 Å². The van der Waals surface area contributed by atoms with E-state index in [1.54, 1.807) is 12.1 Å². The quantitative estimate of drug-likeness (QED) is 0.440. The molecular formula is C27H27Cl2NO3. The van der Waals surface area contributed by atoms with Gasteiger partial charge in [-0.3, -0.25) is 14.6 Å². The highest BCUT2D eigenvalue weighted by atomic mass is 35.5. The first kappa shape index (κ1) is 23.7. The van der Waals surface area contributed by atoms with Gasteiger partial charge in [0.1, 0.15) is 5.92 Å². The van der Waals surface area contributed by atoms with Gasteiger partial charge in [-0.25, -0.2) is 0 Å². The molecule has 6 heteroatoms. The van der Waals surface area contributed by atoms with E-state index in [0.29, 0.717) is 40.8 Å². The van der Waals surface area contributed by atoms with Gasteiger partial charge in [-0.05, 0) is 60.6 Å². The van der Waals surface area contributed by atoms with Crippen LogP contribution in [0, 0.1) is 11.8 Å². The van der Waals surface area contributed by atoms with E-state index in [1.165, 1.54) is 0 Å². The van der Waals surface area contributed by atoms with Gasteiger partial charge in [0.2, 0.25) is 0 Å². The van der Waals surface area contributed by atoms with Crippen molar-refractivity contribution in [2.24, 2.45) is 16.8 Å². The van der Waals surface area contributed by atoms with Crippen molar-refractivity contribution in [1.29, 1.82) is 0 Å². The Hall–Kier alpha value is -2.43. The highest BCUT2D eigenvalue weighted by Crippen LogP contribution is 2.47. The highest BCUT2D eigenvalue weighted by Gasteiger charge is 2.44. The predicted octanol–water partition coefficient (Wildman–Crippen LogP) is 6.77. The molecule has 1 aliphatic carbocycles. The molecule has 4 nitrogen and oxygen atoms in total. The van der Waals surface area contributed by atoms with Crippen LogP contribution in [0.1, 0.15) is 56.6 Å². The number of rotatable bonds is 5. The normalized spacial score (nSPS) is 22.8. The average molecular weight is 484 g/mol. The van der Waals surface area contributed by atoms with Crippen molar-refractivity contribution in [3.8, 4) is 0 Å². The maximum atomic E-state index is 13.5. The van der Waals surface area contributed by atoms with E-state index in [2.05, 4.69) is 0 Å². The summed E-state index contributed by atoms with van der Waals surface area (Å²) in [5.41, 5.74) is 3.99. The first-order valence-corrected chi connectivity index (χ1v) is 12.0. The van der Waals surface area contributed by atoms with E-state index in [1.807, 2.05) is 57.2 Å². The molecule has 2 aliphatic rings. The third kappa shape index (κ3) is 5.07. The van der Waals surface area contributed by atoms with Crippen LogP contribution in [-0.4, -0.2) is 24.1 Å². The van der Waals surface area contributed by atoms with Gasteiger partial charge in [0.25, 0.3) is 0 Å². The Morgan fingerprint density at radius 1 is 1.00 bits per heavy atom.